The average Bonchev–Trinajstić information content (AvgIpc) is 2.27. The van der Waals surface area contributed by atoms with Crippen LogP contribution in [-0.4, -0.2) is 18.6 Å². The Morgan fingerprint density at radius 3 is 2.94 bits per heavy atom. The molecule has 0 spiro atoms. The van der Waals surface area contributed by atoms with E-state index in [9.17, 15) is 4.79 Å². The van der Waals surface area contributed by atoms with Gasteiger partial charge in [-0.2, -0.15) is 0 Å². The lowest BCUT2D eigenvalue weighted by molar-refractivity contribution is -0.143. The van der Waals surface area contributed by atoms with Gasteiger partial charge in [0.05, 0.1) is 13.0 Å². The monoisotopic (exact) mass is 299 g/mol. The molecular formula is C13H18BrNO2. The summed E-state index contributed by atoms with van der Waals surface area (Å²) in [6.07, 6.45) is 0.405. The molecule has 1 atom stereocenters. The van der Waals surface area contributed by atoms with Crippen LogP contribution in [0, 0.1) is 0 Å². The molecule has 0 aromatic heterocycles. The topological polar surface area (TPSA) is 38.3 Å². The third-order valence-corrected chi connectivity index (χ3v) is 2.82. The molecule has 4 heteroatoms. The lowest BCUT2D eigenvalue weighted by atomic mass is 10.2. The molecule has 1 rings (SSSR count). The summed E-state index contributed by atoms with van der Waals surface area (Å²) in [7, 11) is 0. The molecule has 0 saturated carbocycles. The molecule has 1 aromatic carbocycles. The summed E-state index contributed by atoms with van der Waals surface area (Å²) in [5, 5.41) is 3.29. The number of hydrogen-bond acceptors (Lipinski definition) is 3. The molecule has 1 aromatic rings. The van der Waals surface area contributed by atoms with Crippen molar-refractivity contribution < 1.29 is 9.53 Å². The first-order valence-corrected chi connectivity index (χ1v) is 6.54. The second-order valence-electron chi connectivity index (χ2n) is 3.92. The van der Waals surface area contributed by atoms with Crippen molar-refractivity contribution in [2.75, 3.05) is 6.61 Å². The van der Waals surface area contributed by atoms with E-state index in [1.54, 1.807) is 0 Å². The average molecular weight is 300 g/mol. The number of hydrogen-bond donors (Lipinski definition) is 1. The predicted molar refractivity (Wildman–Crippen MR) is 71.7 cm³/mol. The zero-order valence-corrected chi connectivity index (χ0v) is 11.8. The van der Waals surface area contributed by atoms with Gasteiger partial charge in [0, 0.05) is 17.1 Å². The Morgan fingerprint density at radius 1 is 1.53 bits per heavy atom. The van der Waals surface area contributed by atoms with Crippen LogP contribution < -0.4 is 5.32 Å². The lowest BCUT2D eigenvalue weighted by Crippen LogP contribution is -2.28. The first-order chi connectivity index (χ1) is 8.11. The Bertz CT molecular complexity index is 368. The molecule has 0 aliphatic rings. The highest BCUT2D eigenvalue weighted by molar-refractivity contribution is 9.10. The van der Waals surface area contributed by atoms with Gasteiger partial charge in [0.25, 0.3) is 0 Å². The molecule has 3 nitrogen and oxygen atoms in total. The molecule has 0 saturated heterocycles. The van der Waals surface area contributed by atoms with Gasteiger partial charge >= 0.3 is 5.97 Å². The standard InChI is InChI=1S/C13H18BrNO2/c1-3-17-13(16)7-10(2)15-9-11-5-4-6-12(14)8-11/h4-6,8,10,15H,3,7,9H2,1-2H3. The third kappa shape index (κ3) is 5.84. The van der Waals surface area contributed by atoms with E-state index in [4.69, 9.17) is 4.74 Å². The number of ether oxygens (including phenoxy) is 1. The van der Waals surface area contributed by atoms with Crippen LogP contribution in [0.3, 0.4) is 0 Å². The van der Waals surface area contributed by atoms with Crippen LogP contribution in [0.1, 0.15) is 25.8 Å². The maximum Gasteiger partial charge on any atom is 0.307 e. The smallest absolute Gasteiger partial charge is 0.307 e. The van der Waals surface area contributed by atoms with Crippen molar-refractivity contribution in [2.24, 2.45) is 0 Å². The van der Waals surface area contributed by atoms with E-state index in [1.807, 2.05) is 26.0 Å². The minimum atomic E-state index is -0.151. The SMILES string of the molecule is CCOC(=O)CC(C)NCc1cccc(Br)c1. The molecule has 0 aliphatic heterocycles. The summed E-state index contributed by atoms with van der Waals surface area (Å²) in [5.41, 5.74) is 1.19. The fraction of sp³-hybridized carbons (Fsp3) is 0.462. The maximum absolute atomic E-state index is 11.2. The normalized spacial score (nSPS) is 12.2. The van der Waals surface area contributed by atoms with Crippen LogP contribution in [0.15, 0.2) is 28.7 Å². The molecule has 0 bridgehead atoms. The van der Waals surface area contributed by atoms with E-state index in [0.29, 0.717) is 13.0 Å². The van der Waals surface area contributed by atoms with Crippen molar-refractivity contribution in [3.63, 3.8) is 0 Å². The van der Waals surface area contributed by atoms with Crippen molar-refractivity contribution >= 4 is 21.9 Å². The van der Waals surface area contributed by atoms with Gasteiger partial charge in [-0.15, -0.1) is 0 Å². The van der Waals surface area contributed by atoms with Gasteiger partial charge in [0.2, 0.25) is 0 Å². The van der Waals surface area contributed by atoms with E-state index >= 15 is 0 Å². The first kappa shape index (κ1) is 14.2. The molecule has 0 heterocycles. The number of esters is 1. The second kappa shape index (κ2) is 7.45. The number of halogens is 1. The fourth-order valence-corrected chi connectivity index (χ4v) is 1.93. The number of nitrogens with one attached hydrogen (secondary N) is 1. The van der Waals surface area contributed by atoms with Crippen molar-refractivity contribution in [1.82, 2.24) is 5.32 Å². The Morgan fingerprint density at radius 2 is 2.29 bits per heavy atom. The molecule has 17 heavy (non-hydrogen) atoms. The van der Waals surface area contributed by atoms with E-state index in [0.717, 1.165) is 11.0 Å². The Balaban J connectivity index is 2.33. The van der Waals surface area contributed by atoms with Crippen LogP contribution in [0.4, 0.5) is 0 Å². The predicted octanol–water partition coefficient (Wildman–Crippen LogP) is 2.88. The van der Waals surface area contributed by atoms with Gasteiger partial charge in [0.15, 0.2) is 0 Å². The number of carbonyl (C=O) groups excluding carboxylic acids is 1. The second-order valence-corrected chi connectivity index (χ2v) is 4.84. The number of benzene rings is 1. The minimum Gasteiger partial charge on any atom is -0.466 e. The van der Waals surface area contributed by atoms with Gasteiger partial charge in [-0.25, -0.2) is 0 Å². The van der Waals surface area contributed by atoms with Gasteiger partial charge in [-0.1, -0.05) is 28.1 Å². The van der Waals surface area contributed by atoms with Crippen LogP contribution in [0.5, 0.6) is 0 Å². The third-order valence-electron chi connectivity index (χ3n) is 2.32. The Hall–Kier alpha value is -0.870. The zero-order valence-electron chi connectivity index (χ0n) is 10.2. The molecular weight excluding hydrogens is 282 g/mol. The summed E-state index contributed by atoms with van der Waals surface area (Å²) >= 11 is 3.43. The summed E-state index contributed by atoms with van der Waals surface area (Å²) in [4.78, 5) is 11.2. The van der Waals surface area contributed by atoms with Crippen molar-refractivity contribution in [1.29, 1.82) is 0 Å². The van der Waals surface area contributed by atoms with Gasteiger partial charge in [-0.05, 0) is 31.5 Å². The van der Waals surface area contributed by atoms with Crippen LogP contribution in [0.2, 0.25) is 0 Å². The molecule has 1 unspecified atom stereocenters. The number of carbonyl (C=O) groups is 1. The Kier molecular flexibility index (Phi) is 6.22. The van der Waals surface area contributed by atoms with Crippen LogP contribution in [-0.2, 0) is 16.1 Å². The van der Waals surface area contributed by atoms with Gasteiger partial charge in [-0.3, -0.25) is 4.79 Å². The van der Waals surface area contributed by atoms with E-state index in [2.05, 4.69) is 33.4 Å². The summed E-state index contributed by atoms with van der Waals surface area (Å²) in [6, 6.07) is 8.22. The maximum atomic E-state index is 11.2. The molecule has 0 aliphatic carbocycles. The largest absolute Gasteiger partial charge is 0.466 e. The molecule has 0 fully saturated rings. The van der Waals surface area contributed by atoms with Crippen LogP contribution in [0.25, 0.3) is 0 Å². The van der Waals surface area contributed by atoms with E-state index < -0.39 is 0 Å². The van der Waals surface area contributed by atoms with Crippen molar-refractivity contribution in [2.45, 2.75) is 32.9 Å². The highest BCUT2D eigenvalue weighted by Gasteiger charge is 2.08. The fourth-order valence-electron chi connectivity index (χ4n) is 1.48. The highest BCUT2D eigenvalue weighted by Crippen LogP contribution is 2.11. The zero-order chi connectivity index (χ0) is 12.7. The number of rotatable bonds is 6. The summed E-state index contributed by atoms with van der Waals surface area (Å²) < 4.78 is 5.96. The quantitative estimate of drug-likeness (QED) is 0.821. The molecule has 94 valence electrons. The van der Waals surface area contributed by atoms with Crippen molar-refractivity contribution in [3.8, 4) is 0 Å². The summed E-state index contributed by atoms with van der Waals surface area (Å²) in [6.45, 7) is 4.99. The van der Waals surface area contributed by atoms with Crippen molar-refractivity contribution in [3.05, 3.63) is 34.3 Å². The Labute approximate surface area is 111 Å². The molecule has 0 amide bonds. The minimum absolute atomic E-state index is 0.119. The highest BCUT2D eigenvalue weighted by atomic mass is 79.9. The molecule has 1 N–H and O–H groups in total. The lowest BCUT2D eigenvalue weighted by Gasteiger charge is -2.13. The van der Waals surface area contributed by atoms with Crippen LogP contribution >= 0.6 is 15.9 Å². The van der Waals surface area contributed by atoms with Gasteiger partial charge < -0.3 is 10.1 Å². The van der Waals surface area contributed by atoms with E-state index in [-0.39, 0.29) is 12.0 Å². The summed E-state index contributed by atoms with van der Waals surface area (Å²) in [5.74, 6) is -0.151. The first-order valence-electron chi connectivity index (χ1n) is 5.75. The van der Waals surface area contributed by atoms with E-state index in [1.165, 1.54) is 5.56 Å². The van der Waals surface area contributed by atoms with Gasteiger partial charge in [0.1, 0.15) is 0 Å². The molecule has 0 radical (unpaired) electrons.